The standard InChI is InChI=1S/C8H11F3N4/c1-2-3-5-13-6(4-8(9,10)11)15-7(12)14-5/h2-4H2,1H3,(H2,12,13,14,15). The largest absolute Gasteiger partial charge is 0.396 e. The Morgan fingerprint density at radius 2 is 1.73 bits per heavy atom. The van der Waals surface area contributed by atoms with Gasteiger partial charge in [-0.1, -0.05) is 6.92 Å². The summed E-state index contributed by atoms with van der Waals surface area (Å²) in [6, 6.07) is 0. The zero-order valence-electron chi connectivity index (χ0n) is 8.17. The summed E-state index contributed by atoms with van der Waals surface area (Å²) in [6.07, 6.45) is -4.25. The molecule has 4 nitrogen and oxygen atoms in total. The summed E-state index contributed by atoms with van der Waals surface area (Å²) >= 11 is 0. The smallest absolute Gasteiger partial charge is 0.368 e. The van der Waals surface area contributed by atoms with Crippen LogP contribution in [0.3, 0.4) is 0 Å². The van der Waals surface area contributed by atoms with Gasteiger partial charge in [-0.15, -0.1) is 0 Å². The average Bonchev–Trinajstić information content (AvgIpc) is 1.99. The van der Waals surface area contributed by atoms with Crippen molar-refractivity contribution in [3.05, 3.63) is 11.6 Å². The van der Waals surface area contributed by atoms with E-state index in [1.807, 2.05) is 6.92 Å². The van der Waals surface area contributed by atoms with Crippen LogP contribution in [0.5, 0.6) is 0 Å². The number of anilines is 1. The molecule has 0 unspecified atom stereocenters. The Morgan fingerprint density at radius 3 is 2.27 bits per heavy atom. The lowest BCUT2D eigenvalue weighted by Crippen LogP contribution is -2.16. The van der Waals surface area contributed by atoms with E-state index in [1.54, 1.807) is 0 Å². The van der Waals surface area contributed by atoms with Crippen molar-refractivity contribution in [1.29, 1.82) is 0 Å². The fraction of sp³-hybridized carbons (Fsp3) is 0.625. The number of aromatic nitrogens is 3. The van der Waals surface area contributed by atoms with Crippen LogP contribution in [-0.4, -0.2) is 21.1 Å². The molecule has 0 aliphatic rings. The lowest BCUT2D eigenvalue weighted by Gasteiger charge is -2.06. The number of hydrogen-bond acceptors (Lipinski definition) is 4. The van der Waals surface area contributed by atoms with Gasteiger partial charge in [-0.05, 0) is 6.42 Å². The number of alkyl halides is 3. The van der Waals surface area contributed by atoms with Crippen LogP contribution in [-0.2, 0) is 12.8 Å². The van der Waals surface area contributed by atoms with Gasteiger partial charge < -0.3 is 5.73 Å². The number of hydrogen-bond donors (Lipinski definition) is 1. The molecule has 84 valence electrons. The minimum atomic E-state index is -4.32. The molecule has 0 aliphatic carbocycles. The lowest BCUT2D eigenvalue weighted by molar-refractivity contribution is -0.128. The molecule has 2 N–H and O–H groups in total. The first-order valence-electron chi connectivity index (χ1n) is 4.47. The Labute approximate surface area is 84.8 Å². The normalized spacial score (nSPS) is 11.7. The molecule has 0 radical (unpaired) electrons. The third-order valence-corrected chi connectivity index (χ3v) is 1.58. The summed E-state index contributed by atoms with van der Waals surface area (Å²) in [4.78, 5) is 10.9. The maximum Gasteiger partial charge on any atom is 0.396 e. The molecule has 15 heavy (non-hydrogen) atoms. The van der Waals surface area contributed by atoms with Crippen molar-refractivity contribution in [3.63, 3.8) is 0 Å². The molecule has 0 atom stereocenters. The molecule has 0 amide bonds. The number of halogens is 3. The van der Waals surface area contributed by atoms with Crippen LogP contribution in [0.15, 0.2) is 0 Å². The van der Waals surface area contributed by atoms with E-state index in [4.69, 9.17) is 5.73 Å². The van der Waals surface area contributed by atoms with E-state index in [1.165, 1.54) is 0 Å². The minimum Gasteiger partial charge on any atom is -0.368 e. The molecule has 7 heteroatoms. The zero-order valence-corrected chi connectivity index (χ0v) is 8.17. The van der Waals surface area contributed by atoms with Gasteiger partial charge in [0.25, 0.3) is 0 Å². The molecule has 0 saturated carbocycles. The molecular weight excluding hydrogens is 209 g/mol. The van der Waals surface area contributed by atoms with Gasteiger partial charge in [-0.2, -0.15) is 23.1 Å². The molecule has 0 fully saturated rings. The molecular formula is C8H11F3N4. The van der Waals surface area contributed by atoms with E-state index in [9.17, 15) is 13.2 Å². The van der Waals surface area contributed by atoms with Gasteiger partial charge in [-0.25, -0.2) is 4.98 Å². The summed E-state index contributed by atoms with van der Waals surface area (Å²) in [7, 11) is 0. The first-order valence-corrected chi connectivity index (χ1v) is 4.47. The molecule has 1 rings (SSSR count). The number of rotatable bonds is 3. The quantitative estimate of drug-likeness (QED) is 0.838. The minimum absolute atomic E-state index is 0.160. The summed E-state index contributed by atoms with van der Waals surface area (Å²) < 4.78 is 36.1. The van der Waals surface area contributed by atoms with E-state index in [2.05, 4.69) is 15.0 Å². The van der Waals surface area contributed by atoms with E-state index in [0.29, 0.717) is 12.2 Å². The molecule has 1 aromatic heterocycles. The maximum absolute atomic E-state index is 12.0. The van der Waals surface area contributed by atoms with Crippen LogP contribution in [0, 0.1) is 0 Å². The summed E-state index contributed by atoms with van der Waals surface area (Å²) in [6.45, 7) is 1.88. The second-order valence-electron chi connectivity index (χ2n) is 3.07. The van der Waals surface area contributed by atoms with Crippen LogP contribution >= 0.6 is 0 Å². The van der Waals surface area contributed by atoms with Crippen LogP contribution in [0.1, 0.15) is 25.0 Å². The van der Waals surface area contributed by atoms with Crippen LogP contribution in [0.2, 0.25) is 0 Å². The van der Waals surface area contributed by atoms with Gasteiger partial charge in [-0.3, -0.25) is 0 Å². The number of nitrogens with two attached hydrogens (primary N) is 1. The molecule has 1 aromatic rings. The molecule has 0 saturated heterocycles. The van der Waals surface area contributed by atoms with Gasteiger partial charge in [0, 0.05) is 6.42 Å². The second-order valence-corrected chi connectivity index (χ2v) is 3.07. The highest BCUT2D eigenvalue weighted by atomic mass is 19.4. The number of aryl methyl sites for hydroxylation is 1. The highest BCUT2D eigenvalue weighted by molar-refractivity contribution is 5.16. The molecule has 0 aliphatic heterocycles. The SMILES string of the molecule is CCCc1nc(N)nc(CC(F)(F)F)n1. The van der Waals surface area contributed by atoms with E-state index >= 15 is 0 Å². The number of nitrogen functional groups attached to an aromatic ring is 1. The highest BCUT2D eigenvalue weighted by Crippen LogP contribution is 2.19. The Balaban J connectivity index is 2.88. The Bertz CT molecular complexity index is 337. The second kappa shape index (κ2) is 4.41. The first-order chi connectivity index (χ1) is 6.90. The predicted molar refractivity (Wildman–Crippen MR) is 48.0 cm³/mol. The predicted octanol–water partition coefficient (Wildman–Crippen LogP) is 1.51. The van der Waals surface area contributed by atoms with E-state index in [0.717, 1.165) is 6.42 Å². The van der Waals surface area contributed by atoms with Gasteiger partial charge in [0.15, 0.2) is 0 Å². The third-order valence-electron chi connectivity index (χ3n) is 1.58. The van der Waals surface area contributed by atoms with Crippen LogP contribution in [0.25, 0.3) is 0 Å². The summed E-state index contributed by atoms with van der Waals surface area (Å²) in [5, 5.41) is 0. The van der Waals surface area contributed by atoms with Gasteiger partial charge in [0.05, 0.1) is 0 Å². The summed E-state index contributed by atoms with van der Waals surface area (Å²) in [5.74, 6) is -0.171. The average molecular weight is 220 g/mol. The van der Waals surface area contributed by atoms with Gasteiger partial charge >= 0.3 is 6.18 Å². The zero-order chi connectivity index (χ0) is 11.5. The van der Waals surface area contributed by atoms with Crippen molar-refractivity contribution >= 4 is 5.95 Å². The van der Waals surface area contributed by atoms with Crippen LogP contribution < -0.4 is 5.73 Å². The van der Waals surface area contributed by atoms with Crippen LogP contribution in [0.4, 0.5) is 19.1 Å². The Hall–Kier alpha value is -1.40. The first kappa shape index (κ1) is 11.7. The molecule has 0 spiro atoms. The molecule has 0 aromatic carbocycles. The van der Waals surface area contributed by atoms with Crippen molar-refractivity contribution in [2.24, 2.45) is 0 Å². The van der Waals surface area contributed by atoms with Gasteiger partial charge in [0.1, 0.15) is 18.1 Å². The fourth-order valence-electron chi connectivity index (χ4n) is 1.08. The maximum atomic E-state index is 12.0. The fourth-order valence-corrected chi connectivity index (χ4v) is 1.08. The molecule has 1 heterocycles. The van der Waals surface area contributed by atoms with Crippen molar-refractivity contribution in [3.8, 4) is 0 Å². The van der Waals surface area contributed by atoms with E-state index < -0.39 is 12.6 Å². The highest BCUT2D eigenvalue weighted by Gasteiger charge is 2.29. The van der Waals surface area contributed by atoms with Crippen molar-refractivity contribution < 1.29 is 13.2 Å². The lowest BCUT2D eigenvalue weighted by atomic mass is 10.3. The monoisotopic (exact) mass is 220 g/mol. The Morgan fingerprint density at radius 1 is 1.13 bits per heavy atom. The van der Waals surface area contributed by atoms with Gasteiger partial charge in [0.2, 0.25) is 5.95 Å². The van der Waals surface area contributed by atoms with Crippen molar-refractivity contribution in [1.82, 2.24) is 15.0 Å². The topological polar surface area (TPSA) is 64.7 Å². The van der Waals surface area contributed by atoms with Crippen molar-refractivity contribution in [2.45, 2.75) is 32.4 Å². The number of nitrogens with zero attached hydrogens (tertiary/aromatic N) is 3. The third kappa shape index (κ3) is 4.09. The Kier molecular flexibility index (Phi) is 3.43. The molecule has 0 bridgehead atoms. The van der Waals surface area contributed by atoms with Crippen molar-refractivity contribution in [2.75, 3.05) is 5.73 Å². The van der Waals surface area contributed by atoms with E-state index in [-0.39, 0.29) is 11.8 Å². The summed E-state index contributed by atoms with van der Waals surface area (Å²) in [5.41, 5.74) is 5.28.